The Bertz CT molecular complexity index is 548. The minimum Gasteiger partial charge on any atom is -0.314 e. The van der Waals surface area contributed by atoms with Crippen LogP contribution < -0.4 is 10.9 Å². The van der Waals surface area contributed by atoms with Crippen LogP contribution in [0.2, 0.25) is 0 Å². The Kier molecular flexibility index (Phi) is 4.25. The lowest BCUT2D eigenvalue weighted by Crippen LogP contribution is -2.16. The van der Waals surface area contributed by atoms with Crippen LogP contribution in [0, 0.1) is 0 Å². The summed E-state index contributed by atoms with van der Waals surface area (Å²) in [5, 5.41) is 3.00. The fourth-order valence-corrected chi connectivity index (χ4v) is 1.86. The molecule has 2 N–H and O–H groups in total. The standard InChI is InChI=1S/C14H17N3O/c1-15-10-12-9-14(18)17-13(16-12)8-7-11-5-3-2-4-6-11/h2-6,9,15H,7-8,10H2,1H3,(H,16,17,18). The molecule has 18 heavy (non-hydrogen) atoms. The van der Waals surface area contributed by atoms with Gasteiger partial charge in [0.05, 0.1) is 5.69 Å². The van der Waals surface area contributed by atoms with E-state index in [4.69, 9.17) is 0 Å². The molecule has 0 spiro atoms. The zero-order valence-electron chi connectivity index (χ0n) is 10.4. The first-order chi connectivity index (χ1) is 8.78. The van der Waals surface area contributed by atoms with Crippen LogP contribution >= 0.6 is 0 Å². The molecule has 0 saturated heterocycles. The van der Waals surface area contributed by atoms with Crippen molar-refractivity contribution in [2.45, 2.75) is 19.4 Å². The molecule has 0 bridgehead atoms. The van der Waals surface area contributed by atoms with Crippen LogP contribution in [0.3, 0.4) is 0 Å². The first kappa shape index (κ1) is 12.5. The van der Waals surface area contributed by atoms with Gasteiger partial charge in [0, 0.05) is 19.0 Å². The van der Waals surface area contributed by atoms with Gasteiger partial charge in [-0.2, -0.15) is 0 Å². The number of H-pyrrole nitrogens is 1. The average molecular weight is 243 g/mol. The van der Waals surface area contributed by atoms with Crippen molar-refractivity contribution in [3.63, 3.8) is 0 Å². The lowest BCUT2D eigenvalue weighted by molar-refractivity contribution is 0.753. The molecule has 4 heteroatoms. The van der Waals surface area contributed by atoms with Crippen molar-refractivity contribution in [2.75, 3.05) is 7.05 Å². The van der Waals surface area contributed by atoms with Gasteiger partial charge in [-0.05, 0) is 19.0 Å². The Morgan fingerprint density at radius 3 is 2.72 bits per heavy atom. The third kappa shape index (κ3) is 3.53. The van der Waals surface area contributed by atoms with Gasteiger partial charge in [0.15, 0.2) is 0 Å². The van der Waals surface area contributed by atoms with Crippen molar-refractivity contribution < 1.29 is 0 Å². The number of hydrogen-bond acceptors (Lipinski definition) is 3. The van der Waals surface area contributed by atoms with E-state index in [0.29, 0.717) is 6.54 Å². The summed E-state index contributed by atoms with van der Waals surface area (Å²) in [5.74, 6) is 0.747. The molecule has 0 aliphatic rings. The van der Waals surface area contributed by atoms with Crippen LogP contribution in [-0.4, -0.2) is 17.0 Å². The van der Waals surface area contributed by atoms with Gasteiger partial charge in [-0.25, -0.2) is 4.98 Å². The summed E-state index contributed by atoms with van der Waals surface area (Å²) in [6.07, 6.45) is 1.63. The highest BCUT2D eigenvalue weighted by Crippen LogP contribution is 2.03. The SMILES string of the molecule is CNCc1cc(=O)[nH]c(CCc2ccccc2)n1. The molecular weight excluding hydrogens is 226 g/mol. The molecule has 0 aliphatic heterocycles. The van der Waals surface area contributed by atoms with E-state index in [1.807, 2.05) is 25.2 Å². The molecule has 0 amide bonds. The number of aryl methyl sites for hydroxylation is 2. The number of nitrogens with zero attached hydrogens (tertiary/aromatic N) is 1. The van der Waals surface area contributed by atoms with Crippen molar-refractivity contribution in [3.05, 3.63) is 63.8 Å². The van der Waals surface area contributed by atoms with Crippen molar-refractivity contribution in [1.82, 2.24) is 15.3 Å². The molecule has 2 rings (SSSR count). The zero-order valence-corrected chi connectivity index (χ0v) is 10.4. The Labute approximate surface area is 106 Å². The van der Waals surface area contributed by atoms with Crippen molar-refractivity contribution in [2.24, 2.45) is 0 Å². The fourth-order valence-electron chi connectivity index (χ4n) is 1.86. The van der Waals surface area contributed by atoms with Gasteiger partial charge in [-0.3, -0.25) is 4.79 Å². The molecule has 0 saturated carbocycles. The normalized spacial score (nSPS) is 10.5. The topological polar surface area (TPSA) is 57.8 Å². The second-order valence-electron chi connectivity index (χ2n) is 4.20. The van der Waals surface area contributed by atoms with E-state index in [1.165, 1.54) is 11.6 Å². The van der Waals surface area contributed by atoms with E-state index in [1.54, 1.807) is 0 Å². The van der Waals surface area contributed by atoms with Gasteiger partial charge < -0.3 is 10.3 Å². The molecule has 1 heterocycles. The van der Waals surface area contributed by atoms with Gasteiger partial charge in [0.2, 0.25) is 0 Å². The largest absolute Gasteiger partial charge is 0.314 e. The molecule has 0 fully saturated rings. The molecule has 1 aromatic carbocycles. The highest BCUT2D eigenvalue weighted by Gasteiger charge is 2.01. The average Bonchev–Trinajstić information content (AvgIpc) is 2.37. The first-order valence-corrected chi connectivity index (χ1v) is 6.05. The van der Waals surface area contributed by atoms with E-state index in [-0.39, 0.29) is 5.56 Å². The van der Waals surface area contributed by atoms with E-state index in [9.17, 15) is 4.79 Å². The predicted octanol–water partition coefficient (Wildman–Crippen LogP) is 1.27. The molecule has 0 radical (unpaired) electrons. The fraction of sp³-hybridized carbons (Fsp3) is 0.286. The van der Waals surface area contributed by atoms with E-state index >= 15 is 0 Å². The molecule has 0 unspecified atom stereocenters. The summed E-state index contributed by atoms with van der Waals surface area (Å²) in [6.45, 7) is 0.613. The summed E-state index contributed by atoms with van der Waals surface area (Å²) in [6, 6.07) is 11.7. The summed E-state index contributed by atoms with van der Waals surface area (Å²) in [5.41, 5.74) is 1.95. The Morgan fingerprint density at radius 2 is 2.00 bits per heavy atom. The molecule has 0 atom stereocenters. The van der Waals surface area contributed by atoms with Crippen molar-refractivity contribution in [3.8, 4) is 0 Å². The van der Waals surface area contributed by atoms with Gasteiger partial charge in [0.25, 0.3) is 5.56 Å². The van der Waals surface area contributed by atoms with Crippen LogP contribution in [0.15, 0.2) is 41.2 Å². The van der Waals surface area contributed by atoms with Crippen LogP contribution in [0.4, 0.5) is 0 Å². The summed E-state index contributed by atoms with van der Waals surface area (Å²) in [7, 11) is 1.84. The van der Waals surface area contributed by atoms with Crippen molar-refractivity contribution >= 4 is 0 Å². The second kappa shape index (κ2) is 6.12. The Hall–Kier alpha value is -1.94. The summed E-state index contributed by atoms with van der Waals surface area (Å²) in [4.78, 5) is 18.7. The summed E-state index contributed by atoms with van der Waals surface area (Å²) < 4.78 is 0. The predicted molar refractivity (Wildman–Crippen MR) is 71.5 cm³/mol. The molecule has 4 nitrogen and oxygen atoms in total. The molecule has 2 aromatic rings. The third-order valence-electron chi connectivity index (χ3n) is 2.69. The lowest BCUT2D eigenvalue weighted by Gasteiger charge is -2.04. The highest BCUT2D eigenvalue weighted by atomic mass is 16.1. The van der Waals surface area contributed by atoms with Crippen molar-refractivity contribution in [1.29, 1.82) is 0 Å². The van der Waals surface area contributed by atoms with E-state index in [0.717, 1.165) is 24.4 Å². The Morgan fingerprint density at radius 1 is 1.22 bits per heavy atom. The maximum Gasteiger partial charge on any atom is 0.251 e. The quantitative estimate of drug-likeness (QED) is 0.831. The van der Waals surface area contributed by atoms with Crippen LogP contribution in [0.1, 0.15) is 17.1 Å². The smallest absolute Gasteiger partial charge is 0.251 e. The minimum absolute atomic E-state index is 0.0849. The van der Waals surface area contributed by atoms with Gasteiger partial charge >= 0.3 is 0 Å². The number of aromatic amines is 1. The number of aromatic nitrogens is 2. The monoisotopic (exact) mass is 243 g/mol. The number of hydrogen-bond donors (Lipinski definition) is 2. The second-order valence-corrected chi connectivity index (χ2v) is 4.20. The van der Waals surface area contributed by atoms with Crippen LogP contribution in [-0.2, 0) is 19.4 Å². The molecule has 1 aromatic heterocycles. The molecular formula is C14H17N3O. The van der Waals surface area contributed by atoms with E-state index in [2.05, 4.69) is 27.4 Å². The maximum absolute atomic E-state index is 11.5. The molecule has 0 aliphatic carbocycles. The van der Waals surface area contributed by atoms with Crippen LogP contribution in [0.5, 0.6) is 0 Å². The zero-order chi connectivity index (χ0) is 12.8. The number of rotatable bonds is 5. The molecule has 94 valence electrons. The lowest BCUT2D eigenvalue weighted by atomic mass is 10.1. The number of benzene rings is 1. The van der Waals surface area contributed by atoms with Gasteiger partial charge in [-0.1, -0.05) is 30.3 Å². The minimum atomic E-state index is -0.0849. The Balaban J connectivity index is 2.07. The van der Waals surface area contributed by atoms with E-state index < -0.39 is 0 Å². The van der Waals surface area contributed by atoms with Crippen LogP contribution in [0.25, 0.3) is 0 Å². The van der Waals surface area contributed by atoms with Gasteiger partial charge in [-0.15, -0.1) is 0 Å². The highest BCUT2D eigenvalue weighted by molar-refractivity contribution is 5.15. The number of nitrogens with one attached hydrogen (secondary N) is 2. The van der Waals surface area contributed by atoms with Gasteiger partial charge in [0.1, 0.15) is 5.82 Å². The third-order valence-corrected chi connectivity index (χ3v) is 2.69. The summed E-state index contributed by atoms with van der Waals surface area (Å²) >= 11 is 0. The first-order valence-electron chi connectivity index (χ1n) is 6.05. The maximum atomic E-state index is 11.5.